The maximum absolute atomic E-state index is 12.3. The van der Waals surface area contributed by atoms with Crippen LogP contribution in [0.2, 0.25) is 0 Å². The first kappa shape index (κ1) is 12.7. The van der Waals surface area contributed by atoms with E-state index in [-0.39, 0.29) is 11.1 Å². The molecule has 1 aromatic heterocycles. The second-order valence-electron chi connectivity index (χ2n) is 3.99. The summed E-state index contributed by atoms with van der Waals surface area (Å²) in [5.74, 6) is 3.13. The maximum atomic E-state index is 12.3. The van der Waals surface area contributed by atoms with E-state index in [1.807, 2.05) is 24.1 Å². The van der Waals surface area contributed by atoms with E-state index in [2.05, 4.69) is 5.92 Å². The minimum Gasteiger partial charge on any atom is -0.472 e. The van der Waals surface area contributed by atoms with Crippen molar-refractivity contribution in [1.29, 1.82) is 0 Å². The van der Waals surface area contributed by atoms with Crippen LogP contribution in [0.1, 0.15) is 11.3 Å². The van der Waals surface area contributed by atoms with Crippen molar-refractivity contribution in [2.24, 2.45) is 7.05 Å². The topological polar surface area (TPSA) is 64.2 Å². The van der Waals surface area contributed by atoms with Gasteiger partial charge >= 0.3 is 5.97 Å². The normalized spacial score (nSPS) is 9.79. The molecular formula is C14H12N2O3. The van der Waals surface area contributed by atoms with Gasteiger partial charge in [0.05, 0.1) is 11.4 Å². The zero-order valence-corrected chi connectivity index (χ0v) is 10.5. The molecule has 0 bridgehead atoms. The zero-order valence-electron chi connectivity index (χ0n) is 10.5. The van der Waals surface area contributed by atoms with Crippen LogP contribution in [0.15, 0.2) is 35.1 Å². The van der Waals surface area contributed by atoms with Crippen LogP contribution in [0.5, 0.6) is 0 Å². The van der Waals surface area contributed by atoms with Crippen molar-refractivity contribution < 1.29 is 9.90 Å². The number of carboxylic acids is 1. The van der Waals surface area contributed by atoms with Gasteiger partial charge in [0.2, 0.25) is 0 Å². The number of carboxylic acid groups (broad SMARTS) is 1. The number of benzene rings is 1. The van der Waals surface area contributed by atoms with Crippen molar-refractivity contribution in [3.63, 3.8) is 0 Å². The summed E-state index contributed by atoms with van der Waals surface area (Å²) in [5, 5.41) is 8.56. The smallest absolute Gasteiger partial charge is 0.382 e. The Bertz CT molecular complexity index is 743. The average Bonchev–Trinajstić information content (AvgIpc) is 2.59. The highest BCUT2D eigenvalue weighted by Gasteiger charge is 2.14. The molecule has 2 rings (SSSR count). The Kier molecular flexibility index (Phi) is 3.25. The highest BCUT2D eigenvalue weighted by Crippen LogP contribution is 2.08. The van der Waals surface area contributed by atoms with E-state index >= 15 is 0 Å². The third kappa shape index (κ3) is 2.29. The van der Waals surface area contributed by atoms with E-state index < -0.39 is 5.97 Å². The predicted molar refractivity (Wildman–Crippen MR) is 70.3 cm³/mol. The molecule has 0 unspecified atom stereocenters. The Balaban J connectivity index is 2.68. The number of carbonyl (C=O) groups is 1. The number of nitrogens with zero attached hydrogens (tertiary/aromatic N) is 2. The molecule has 5 nitrogen and oxygen atoms in total. The van der Waals surface area contributed by atoms with Crippen LogP contribution in [0.3, 0.4) is 0 Å². The summed E-state index contributed by atoms with van der Waals surface area (Å²) in [6.07, 6.45) is 0. The van der Waals surface area contributed by atoms with Crippen molar-refractivity contribution in [1.82, 2.24) is 9.36 Å². The minimum atomic E-state index is -1.26. The van der Waals surface area contributed by atoms with Crippen LogP contribution in [-0.2, 0) is 11.8 Å². The maximum Gasteiger partial charge on any atom is 0.382 e. The van der Waals surface area contributed by atoms with Gasteiger partial charge in [0, 0.05) is 13.0 Å². The summed E-state index contributed by atoms with van der Waals surface area (Å²) < 4.78 is 3.12. The lowest BCUT2D eigenvalue weighted by Crippen LogP contribution is -2.20. The Labute approximate surface area is 109 Å². The van der Waals surface area contributed by atoms with Gasteiger partial charge in [-0.15, -0.1) is 0 Å². The molecule has 2 aromatic rings. The van der Waals surface area contributed by atoms with Crippen LogP contribution >= 0.6 is 0 Å². The Hall–Kier alpha value is -2.74. The van der Waals surface area contributed by atoms with E-state index in [0.29, 0.717) is 11.4 Å². The monoisotopic (exact) mass is 256 g/mol. The van der Waals surface area contributed by atoms with Gasteiger partial charge in [0.15, 0.2) is 0 Å². The van der Waals surface area contributed by atoms with Crippen LogP contribution in [0, 0.1) is 18.8 Å². The Morgan fingerprint density at radius 1 is 1.26 bits per heavy atom. The molecule has 96 valence electrons. The summed E-state index contributed by atoms with van der Waals surface area (Å²) in [6.45, 7) is 1.73. The first-order chi connectivity index (χ1) is 9.02. The molecule has 0 atom stereocenters. The third-order valence-electron chi connectivity index (χ3n) is 2.85. The molecule has 1 heterocycles. The van der Waals surface area contributed by atoms with Crippen molar-refractivity contribution >= 4 is 5.97 Å². The summed E-state index contributed by atoms with van der Waals surface area (Å²) in [6, 6.07) is 9.11. The average molecular weight is 256 g/mol. The van der Waals surface area contributed by atoms with Crippen LogP contribution in [0.25, 0.3) is 5.69 Å². The first-order valence-electron chi connectivity index (χ1n) is 5.61. The summed E-state index contributed by atoms with van der Waals surface area (Å²) in [7, 11) is 1.73. The molecule has 0 fully saturated rings. The molecular weight excluding hydrogens is 244 g/mol. The fraction of sp³-hybridized carbons (Fsp3) is 0.143. The van der Waals surface area contributed by atoms with Crippen molar-refractivity contribution in [3.8, 4) is 17.5 Å². The largest absolute Gasteiger partial charge is 0.472 e. The summed E-state index contributed by atoms with van der Waals surface area (Å²) in [4.78, 5) is 22.7. The summed E-state index contributed by atoms with van der Waals surface area (Å²) in [5.41, 5.74) is 1.22. The fourth-order valence-electron chi connectivity index (χ4n) is 1.83. The molecule has 0 saturated heterocycles. The molecule has 1 aromatic carbocycles. The number of aromatic nitrogens is 2. The van der Waals surface area contributed by atoms with Gasteiger partial charge in [-0.05, 0) is 25.0 Å². The number of hydrogen-bond acceptors (Lipinski definition) is 2. The van der Waals surface area contributed by atoms with Gasteiger partial charge < -0.3 is 5.11 Å². The minimum absolute atomic E-state index is 0.203. The highest BCUT2D eigenvalue weighted by molar-refractivity contribution is 5.87. The van der Waals surface area contributed by atoms with Gasteiger partial charge in [-0.1, -0.05) is 18.2 Å². The second kappa shape index (κ2) is 4.86. The van der Waals surface area contributed by atoms with Crippen LogP contribution in [-0.4, -0.2) is 20.4 Å². The highest BCUT2D eigenvalue weighted by atomic mass is 16.4. The quantitative estimate of drug-likeness (QED) is 0.772. The molecule has 0 radical (unpaired) electrons. The lowest BCUT2D eigenvalue weighted by molar-refractivity contribution is -0.130. The Morgan fingerprint density at radius 2 is 1.89 bits per heavy atom. The molecule has 0 aliphatic carbocycles. The molecule has 19 heavy (non-hydrogen) atoms. The van der Waals surface area contributed by atoms with E-state index in [1.165, 1.54) is 4.68 Å². The molecule has 5 heteroatoms. The molecule has 0 spiro atoms. The number of para-hydroxylation sites is 1. The van der Waals surface area contributed by atoms with Crippen LogP contribution < -0.4 is 5.56 Å². The number of rotatable bonds is 1. The van der Waals surface area contributed by atoms with Crippen molar-refractivity contribution in [2.75, 3.05) is 0 Å². The Morgan fingerprint density at radius 3 is 2.47 bits per heavy atom. The lowest BCUT2D eigenvalue weighted by atomic mass is 10.2. The number of aliphatic carboxylic acids is 1. The van der Waals surface area contributed by atoms with Gasteiger partial charge in [-0.3, -0.25) is 9.48 Å². The van der Waals surface area contributed by atoms with Gasteiger partial charge in [-0.25, -0.2) is 9.48 Å². The molecule has 0 aliphatic rings. The van der Waals surface area contributed by atoms with Crippen LogP contribution in [0.4, 0.5) is 0 Å². The van der Waals surface area contributed by atoms with E-state index in [1.54, 1.807) is 30.8 Å². The summed E-state index contributed by atoms with van der Waals surface area (Å²) >= 11 is 0. The molecule has 1 N–H and O–H groups in total. The predicted octanol–water partition coefficient (Wildman–Crippen LogP) is 0.921. The SMILES string of the molecule is Cc1c(C#CC(=O)O)c(=O)n(-c2ccccc2)n1C. The van der Waals surface area contributed by atoms with Gasteiger partial charge in [0.25, 0.3) is 5.56 Å². The van der Waals surface area contributed by atoms with E-state index in [9.17, 15) is 9.59 Å². The first-order valence-corrected chi connectivity index (χ1v) is 5.61. The fourth-order valence-corrected chi connectivity index (χ4v) is 1.83. The standard InChI is InChI=1S/C14H12N2O3/c1-10-12(8-9-13(17)18)14(19)16(15(10)2)11-6-4-3-5-7-11/h3-7H,1-2H3,(H,17,18). The zero-order chi connectivity index (χ0) is 14.0. The van der Waals surface area contributed by atoms with E-state index in [4.69, 9.17) is 5.11 Å². The molecule has 0 saturated carbocycles. The molecule has 0 amide bonds. The van der Waals surface area contributed by atoms with Crippen molar-refractivity contribution in [2.45, 2.75) is 6.92 Å². The molecule has 0 aliphatic heterocycles. The van der Waals surface area contributed by atoms with Gasteiger partial charge in [0.1, 0.15) is 5.56 Å². The van der Waals surface area contributed by atoms with E-state index in [0.717, 1.165) is 0 Å². The number of hydrogen-bond donors (Lipinski definition) is 1. The second-order valence-corrected chi connectivity index (χ2v) is 3.99. The lowest BCUT2D eigenvalue weighted by Gasteiger charge is -2.07. The van der Waals surface area contributed by atoms with Gasteiger partial charge in [-0.2, -0.15) is 0 Å². The van der Waals surface area contributed by atoms with Crippen molar-refractivity contribution in [3.05, 3.63) is 51.9 Å². The third-order valence-corrected chi connectivity index (χ3v) is 2.85.